The number of rotatable bonds is 5. The molecule has 0 aromatic heterocycles. The van der Waals surface area contributed by atoms with Gasteiger partial charge in [-0.15, -0.1) is 0 Å². The quantitative estimate of drug-likeness (QED) is 0.709. The van der Waals surface area contributed by atoms with Gasteiger partial charge in [-0.3, -0.25) is 0 Å². The fourth-order valence-corrected chi connectivity index (χ4v) is 5.39. The van der Waals surface area contributed by atoms with Gasteiger partial charge in [0.25, 0.3) is 0 Å². The van der Waals surface area contributed by atoms with Gasteiger partial charge in [0.15, 0.2) is 0 Å². The van der Waals surface area contributed by atoms with Crippen LogP contribution in [-0.4, -0.2) is 53.1 Å². The number of alkyl halides is 2. The van der Waals surface area contributed by atoms with E-state index in [2.05, 4.69) is 0 Å². The molecular weight excluding hydrogens is 422 g/mol. The molecule has 158 valence electrons. The van der Waals surface area contributed by atoms with Crippen LogP contribution in [0, 0.1) is 13.8 Å². The average molecular weight is 445 g/mol. The molecule has 1 heterocycles. The van der Waals surface area contributed by atoms with Gasteiger partial charge in [-0.05, 0) is 61.4 Å². The Morgan fingerprint density at radius 3 is 1.86 bits per heavy atom. The molecule has 1 aliphatic rings. The Labute approximate surface area is 169 Å². The number of nitrogens with zero attached hydrogens (tertiary/aromatic N) is 2. The summed E-state index contributed by atoms with van der Waals surface area (Å²) in [6, 6.07) is 10.3. The minimum absolute atomic E-state index is 0.260. The van der Waals surface area contributed by atoms with E-state index in [9.17, 15) is 25.6 Å². The first-order chi connectivity index (χ1) is 13.5. The highest BCUT2D eigenvalue weighted by atomic mass is 32.2. The lowest BCUT2D eigenvalue weighted by Crippen LogP contribution is -2.48. The first-order valence-corrected chi connectivity index (χ1v) is 12.0. The zero-order valence-corrected chi connectivity index (χ0v) is 17.7. The molecule has 1 fully saturated rings. The molecule has 0 amide bonds. The largest absolute Gasteiger partial charge is 0.369 e. The molecule has 0 spiro atoms. The van der Waals surface area contributed by atoms with Crippen LogP contribution in [0.5, 0.6) is 0 Å². The van der Waals surface area contributed by atoms with Gasteiger partial charge in [0.2, 0.25) is 19.9 Å². The highest BCUT2D eigenvalue weighted by molar-refractivity contribution is 7.91. The van der Waals surface area contributed by atoms with Crippen LogP contribution < -0.4 is 4.90 Å². The number of halogens is 2. The monoisotopic (exact) mass is 444 g/mol. The van der Waals surface area contributed by atoms with E-state index in [-0.39, 0.29) is 18.0 Å². The van der Waals surface area contributed by atoms with Crippen molar-refractivity contribution < 1.29 is 25.6 Å². The lowest BCUT2D eigenvalue weighted by molar-refractivity contribution is 0.234. The van der Waals surface area contributed by atoms with Crippen LogP contribution in [0.25, 0.3) is 0 Å². The Hall–Kier alpha value is -2.04. The third-order valence-corrected chi connectivity index (χ3v) is 8.41. The Kier molecular flexibility index (Phi) is 5.98. The van der Waals surface area contributed by atoms with Gasteiger partial charge in [0, 0.05) is 31.9 Å². The Morgan fingerprint density at radius 2 is 1.34 bits per heavy atom. The van der Waals surface area contributed by atoms with Gasteiger partial charge in [0.1, 0.15) is 0 Å². The minimum atomic E-state index is -4.63. The molecule has 0 unspecified atom stereocenters. The van der Waals surface area contributed by atoms with Crippen LogP contribution >= 0.6 is 0 Å². The van der Waals surface area contributed by atoms with Crippen molar-refractivity contribution in [2.45, 2.75) is 29.4 Å². The summed E-state index contributed by atoms with van der Waals surface area (Å²) in [6.07, 6.45) is 0. The van der Waals surface area contributed by atoms with Gasteiger partial charge in [-0.2, -0.15) is 13.1 Å². The molecule has 3 rings (SSSR count). The molecule has 10 heteroatoms. The highest BCUT2D eigenvalue weighted by Crippen LogP contribution is 2.25. The molecule has 1 aliphatic heterocycles. The first-order valence-electron chi connectivity index (χ1n) is 8.98. The fraction of sp³-hybridized carbons (Fsp3) is 0.368. The number of anilines is 1. The van der Waals surface area contributed by atoms with Crippen molar-refractivity contribution in [3.8, 4) is 0 Å². The normalized spacial score (nSPS) is 16.4. The lowest BCUT2D eigenvalue weighted by Gasteiger charge is -2.35. The predicted octanol–water partition coefficient (Wildman–Crippen LogP) is 2.81. The fourth-order valence-electron chi connectivity index (χ4n) is 3.16. The number of hydrogen-bond acceptors (Lipinski definition) is 5. The Morgan fingerprint density at radius 1 is 0.793 bits per heavy atom. The van der Waals surface area contributed by atoms with E-state index in [1.807, 2.05) is 18.7 Å². The molecule has 1 saturated heterocycles. The summed E-state index contributed by atoms with van der Waals surface area (Å²) >= 11 is 0. The topological polar surface area (TPSA) is 74.8 Å². The molecule has 6 nitrogen and oxygen atoms in total. The highest BCUT2D eigenvalue weighted by Gasteiger charge is 2.30. The molecule has 2 aromatic carbocycles. The summed E-state index contributed by atoms with van der Waals surface area (Å²) < 4.78 is 75.5. The van der Waals surface area contributed by atoms with Crippen molar-refractivity contribution >= 4 is 25.5 Å². The molecule has 0 aliphatic carbocycles. The van der Waals surface area contributed by atoms with Crippen LogP contribution in [0.4, 0.5) is 14.5 Å². The van der Waals surface area contributed by atoms with E-state index in [0.717, 1.165) is 23.3 Å². The maximum Gasteiger partial charge on any atom is 0.341 e. The number of benzene rings is 2. The number of sulfonamides is 1. The second-order valence-electron chi connectivity index (χ2n) is 6.94. The number of sulfone groups is 1. The van der Waals surface area contributed by atoms with Crippen LogP contribution in [0.3, 0.4) is 0 Å². The first kappa shape index (κ1) is 21.7. The van der Waals surface area contributed by atoms with Gasteiger partial charge >= 0.3 is 5.76 Å². The zero-order chi connectivity index (χ0) is 21.4. The van der Waals surface area contributed by atoms with Crippen LogP contribution in [0.2, 0.25) is 0 Å². The Balaban J connectivity index is 1.71. The predicted molar refractivity (Wildman–Crippen MR) is 107 cm³/mol. The summed E-state index contributed by atoms with van der Waals surface area (Å²) in [6.45, 7) is 5.14. The third-order valence-electron chi connectivity index (χ3n) is 5.12. The van der Waals surface area contributed by atoms with Crippen molar-refractivity contribution in [2.24, 2.45) is 0 Å². The molecule has 2 aromatic rings. The van der Waals surface area contributed by atoms with Gasteiger partial charge in [0.05, 0.1) is 9.79 Å². The Bertz CT molecular complexity index is 1090. The van der Waals surface area contributed by atoms with Gasteiger partial charge in [-0.25, -0.2) is 16.8 Å². The van der Waals surface area contributed by atoms with Crippen LogP contribution in [-0.2, 0) is 19.9 Å². The molecule has 0 radical (unpaired) electrons. The van der Waals surface area contributed by atoms with Crippen LogP contribution in [0.15, 0.2) is 52.3 Å². The maximum atomic E-state index is 12.9. The van der Waals surface area contributed by atoms with Crippen molar-refractivity contribution in [2.75, 3.05) is 31.1 Å². The smallest absolute Gasteiger partial charge is 0.341 e. The molecular formula is C19H22F2N2O4S2. The van der Waals surface area contributed by atoms with E-state index < -0.39 is 30.5 Å². The molecule has 0 saturated carbocycles. The zero-order valence-electron chi connectivity index (χ0n) is 16.0. The molecule has 0 atom stereocenters. The van der Waals surface area contributed by atoms with Crippen molar-refractivity contribution in [3.05, 3.63) is 53.6 Å². The molecule has 0 bridgehead atoms. The summed E-state index contributed by atoms with van der Waals surface area (Å²) in [7, 11) is -8.23. The third kappa shape index (κ3) is 4.29. The van der Waals surface area contributed by atoms with E-state index in [1.165, 1.54) is 16.4 Å². The molecule has 29 heavy (non-hydrogen) atoms. The van der Waals surface area contributed by atoms with E-state index in [0.29, 0.717) is 18.8 Å². The summed E-state index contributed by atoms with van der Waals surface area (Å²) in [5.74, 6) is -3.47. The second kappa shape index (κ2) is 8.00. The standard InChI is InChI=1S/C19H22F2N2O4S2/c1-14-3-6-18(13-15(14)2)29(26,27)23-11-9-22(10-12-23)16-4-7-17(8-5-16)28(24,25)19(20)21/h3-8,13,19H,9-12H2,1-2H3. The van der Waals surface area contributed by atoms with E-state index >= 15 is 0 Å². The number of aryl methyl sites for hydroxylation is 2. The van der Waals surface area contributed by atoms with Gasteiger partial charge in [-0.1, -0.05) is 6.07 Å². The minimum Gasteiger partial charge on any atom is -0.369 e. The molecule has 0 N–H and O–H groups in total. The van der Waals surface area contributed by atoms with E-state index in [1.54, 1.807) is 18.2 Å². The number of hydrogen-bond donors (Lipinski definition) is 0. The summed E-state index contributed by atoms with van der Waals surface area (Å²) in [5, 5.41) is 0. The van der Waals surface area contributed by atoms with E-state index in [4.69, 9.17) is 0 Å². The summed E-state index contributed by atoms with van der Waals surface area (Å²) in [5.41, 5.74) is 2.58. The van der Waals surface area contributed by atoms with Crippen LogP contribution in [0.1, 0.15) is 11.1 Å². The van der Waals surface area contributed by atoms with Gasteiger partial charge < -0.3 is 4.90 Å². The van der Waals surface area contributed by atoms with Crippen molar-refractivity contribution in [1.82, 2.24) is 4.31 Å². The van der Waals surface area contributed by atoms with Crippen molar-refractivity contribution in [1.29, 1.82) is 0 Å². The summed E-state index contributed by atoms with van der Waals surface area (Å²) in [4.78, 5) is 1.72. The average Bonchev–Trinajstić information content (AvgIpc) is 2.70. The van der Waals surface area contributed by atoms with Crippen molar-refractivity contribution in [3.63, 3.8) is 0 Å². The number of piperazine rings is 1. The SMILES string of the molecule is Cc1ccc(S(=O)(=O)N2CCN(c3ccc(S(=O)(=O)C(F)F)cc3)CC2)cc1C. The maximum absolute atomic E-state index is 12.9. The lowest BCUT2D eigenvalue weighted by atomic mass is 10.1. The second-order valence-corrected chi connectivity index (χ2v) is 10.8.